The van der Waals surface area contributed by atoms with Gasteiger partial charge in [0.25, 0.3) is 5.91 Å². The third-order valence-corrected chi connectivity index (χ3v) is 5.51. The molecule has 0 unspecified atom stereocenters. The summed E-state index contributed by atoms with van der Waals surface area (Å²) in [5, 5.41) is 4.29. The Bertz CT molecular complexity index is 1320. The fraction of sp³-hybridized carbons (Fsp3) is 0.115. The molecule has 0 spiro atoms. The summed E-state index contributed by atoms with van der Waals surface area (Å²) < 4.78 is 5.33. The Morgan fingerprint density at radius 1 is 1.00 bits per heavy atom. The third kappa shape index (κ3) is 4.48. The van der Waals surface area contributed by atoms with E-state index in [9.17, 15) is 9.59 Å². The largest absolute Gasteiger partial charge is 0.426 e. The number of nitrogens with one attached hydrogen (secondary N) is 1. The topological polar surface area (TPSA) is 68.3 Å². The molecule has 1 N–H and O–H groups in total. The molecule has 1 aromatic heterocycles. The number of benzene rings is 3. The zero-order valence-electron chi connectivity index (χ0n) is 17.7. The molecule has 32 heavy (non-hydrogen) atoms. The van der Waals surface area contributed by atoms with E-state index in [4.69, 9.17) is 16.3 Å². The number of hydrogen-bond acceptors (Lipinski definition) is 4. The van der Waals surface area contributed by atoms with Crippen molar-refractivity contribution in [2.75, 3.05) is 5.32 Å². The maximum Gasteiger partial charge on any atom is 0.308 e. The third-order valence-electron chi connectivity index (χ3n) is 5.18. The van der Waals surface area contributed by atoms with Gasteiger partial charge in [-0.05, 0) is 54.8 Å². The quantitative estimate of drug-likeness (QED) is 0.304. The van der Waals surface area contributed by atoms with E-state index in [0.29, 0.717) is 39.5 Å². The van der Waals surface area contributed by atoms with Crippen LogP contribution in [0.3, 0.4) is 0 Å². The summed E-state index contributed by atoms with van der Waals surface area (Å²) in [5.74, 6) is -0.390. The lowest BCUT2D eigenvalue weighted by atomic mass is 9.95. The molecule has 0 atom stereocenters. The first-order valence-corrected chi connectivity index (χ1v) is 10.5. The highest BCUT2D eigenvalue weighted by molar-refractivity contribution is 6.36. The van der Waals surface area contributed by atoms with Gasteiger partial charge in [0.2, 0.25) is 0 Å². The van der Waals surface area contributed by atoms with Crippen molar-refractivity contribution in [1.29, 1.82) is 0 Å². The van der Waals surface area contributed by atoms with Crippen LogP contribution in [0, 0.1) is 6.92 Å². The predicted molar refractivity (Wildman–Crippen MR) is 126 cm³/mol. The molecular formula is C26H21ClN2O3. The molecule has 0 radical (unpaired) electrons. The van der Waals surface area contributed by atoms with Gasteiger partial charge in [0.05, 0.1) is 16.2 Å². The van der Waals surface area contributed by atoms with E-state index in [2.05, 4.69) is 10.3 Å². The highest BCUT2D eigenvalue weighted by Gasteiger charge is 2.20. The molecule has 4 aromatic rings. The number of carbonyl (C=O) groups excluding carboxylic acids is 2. The van der Waals surface area contributed by atoms with Crippen LogP contribution < -0.4 is 10.1 Å². The van der Waals surface area contributed by atoms with E-state index < -0.39 is 5.97 Å². The minimum atomic E-state index is -0.442. The van der Waals surface area contributed by atoms with Gasteiger partial charge >= 0.3 is 5.97 Å². The van der Waals surface area contributed by atoms with Crippen molar-refractivity contribution in [2.24, 2.45) is 0 Å². The molecule has 0 aliphatic heterocycles. The first-order valence-electron chi connectivity index (χ1n) is 10.1. The fourth-order valence-corrected chi connectivity index (χ4v) is 3.93. The summed E-state index contributed by atoms with van der Waals surface area (Å²) in [6.07, 6.45) is 2.21. The van der Waals surface area contributed by atoms with Crippen LogP contribution in [-0.4, -0.2) is 16.9 Å². The van der Waals surface area contributed by atoms with Crippen LogP contribution in [-0.2, 0) is 11.2 Å². The molecule has 4 rings (SSSR count). The van der Waals surface area contributed by atoms with Gasteiger partial charge in [-0.15, -0.1) is 0 Å². The second-order valence-electron chi connectivity index (χ2n) is 7.43. The molecule has 6 heteroatoms. The highest BCUT2D eigenvalue weighted by Crippen LogP contribution is 2.31. The lowest BCUT2D eigenvalue weighted by molar-refractivity contribution is -0.131. The number of nitrogens with zero attached hydrogens (tertiary/aromatic N) is 1. The van der Waals surface area contributed by atoms with Gasteiger partial charge in [0, 0.05) is 29.6 Å². The lowest BCUT2D eigenvalue weighted by Gasteiger charge is -2.17. The Kier molecular flexibility index (Phi) is 6.19. The van der Waals surface area contributed by atoms with Crippen LogP contribution in [0.1, 0.15) is 34.0 Å². The van der Waals surface area contributed by atoms with Crippen molar-refractivity contribution in [3.63, 3.8) is 0 Å². The summed E-state index contributed by atoms with van der Waals surface area (Å²) in [6, 6.07) is 20.5. The number of ether oxygens (including phenoxy) is 1. The summed E-state index contributed by atoms with van der Waals surface area (Å²) in [4.78, 5) is 29.4. The van der Waals surface area contributed by atoms with Crippen LogP contribution in [0.15, 0.2) is 72.9 Å². The van der Waals surface area contributed by atoms with Gasteiger partial charge in [0.1, 0.15) is 5.75 Å². The molecule has 0 saturated heterocycles. The number of esters is 1. The van der Waals surface area contributed by atoms with Gasteiger partial charge in [0.15, 0.2) is 0 Å². The number of carbonyl (C=O) groups is 2. The zero-order chi connectivity index (χ0) is 22.7. The van der Waals surface area contributed by atoms with Gasteiger partial charge in [-0.25, -0.2) is 0 Å². The molecule has 1 heterocycles. The van der Waals surface area contributed by atoms with Crippen molar-refractivity contribution in [1.82, 2.24) is 4.98 Å². The van der Waals surface area contributed by atoms with Crippen LogP contribution in [0.4, 0.5) is 5.69 Å². The van der Waals surface area contributed by atoms with E-state index >= 15 is 0 Å². The van der Waals surface area contributed by atoms with Crippen LogP contribution in [0.5, 0.6) is 5.75 Å². The summed E-state index contributed by atoms with van der Waals surface area (Å²) in [5.41, 5.74) is 4.11. The van der Waals surface area contributed by atoms with Gasteiger partial charge in [-0.2, -0.15) is 0 Å². The average Bonchev–Trinajstić information content (AvgIpc) is 2.78. The predicted octanol–water partition coefficient (Wildman–Crippen LogP) is 5.97. The standard InChI is InChI=1S/C26H21ClN2O3/c1-16-23(32-17(2)30)13-10-19(15-18-7-4-3-5-8-18)24(16)26(31)29-22-12-11-21(27)20-9-6-14-28-25(20)22/h3-14H,15H2,1-2H3,(H,29,31). The molecule has 0 bridgehead atoms. The number of aromatic nitrogens is 1. The Labute approximate surface area is 191 Å². The van der Waals surface area contributed by atoms with Crippen LogP contribution in [0.2, 0.25) is 5.02 Å². The van der Waals surface area contributed by atoms with Crippen molar-refractivity contribution in [3.05, 3.63) is 100 Å². The van der Waals surface area contributed by atoms with Crippen molar-refractivity contribution in [3.8, 4) is 5.75 Å². The highest BCUT2D eigenvalue weighted by atomic mass is 35.5. The maximum absolute atomic E-state index is 13.5. The molecule has 0 aliphatic rings. The first kappa shape index (κ1) is 21.5. The number of pyridine rings is 1. The summed E-state index contributed by atoms with van der Waals surface area (Å²) in [6.45, 7) is 3.11. The summed E-state index contributed by atoms with van der Waals surface area (Å²) >= 11 is 6.29. The Morgan fingerprint density at radius 2 is 1.78 bits per heavy atom. The molecule has 0 fully saturated rings. The van der Waals surface area contributed by atoms with Gasteiger partial charge < -0.3 is 10.1 Å². The SMILES string of the molecule is CC(=O)Oc1ccc(Cc2ccccc2)c(C(=O)Nc2ccc(Cl)c3cccnc23)c1C. The normalized spacial score (nSPS) is 10.7. The number of amides is 1. The van der Waals surface area contributed by atoms with E-state index in [1.54, 1.807) is 37.4 Å². The number of fused-ring (bicyclic) bond motifs is 1. The Morgan fingerprint density at radius 3 is 2.53 bits per heavy atom. The second kappa shape index (κ2) is 9.20. The molecule has 0 saturated carbocycles. The van der Waals surface area contributed by atoms with E-state index in [0.717, 1.165) is 16.5 Å². The zero-order valence-corrected chi connectivity index (χ0v) is 18.4. The minimum absolute atomic E-state index is 0.309. The number of halogens is 1. The molecular weight excluding hydrogens is 424 g/mol. The van der Waals surface area contributed by atoms with Gasteiger partial charge in [-0.3, -0.25) is 14.6 Å². The van der Waals surface area contributed by atoms with Gasteiger partial charge in [-0.1, -0.05) is 48.0 Å². The van der Waals surface area contributed by atoms with Crippen molar-refractivity contribution in [2.45, 2.75) is 20.3 Å². The number of anilines is 1. The Balaban J connectivity index is 1.77. The smallest absolute Gasteiger partial charge is 0.308 e. The summed E-state index contributed by atoms with van der Waals surface area (Å²) in [7, 11) is 0. The average molecular weight is 445 g/mol. The van der Waals surface area contributed by atoms with Crippen molar-refractivity contribution >= 4 is 40.1 Å². The number of hydrogen-bond donors (Lipinski definition) is 1. The number of rotatable bonds is 5. The second-order valence-corrected chi connectivity index (χ2v) is 7.83. The molecule has 160 valence electrons. The molecule has 1 amide bonds. The van der Waals surface area contributed by atoms with E-state index in [1.165, 1.54) is 6.92 Å². The maximum atomic E-state index is 13.5. The fourth-order valence-electron chi connectivity index (χ4n) is 3.72. The lowest BCUT2D eigenvalue weighted by Crippen LogP contribution is -2.18. The monoisotopic (exact) mass is 444 g/mol. The van der Waals surface area contributed by atoms with E-state index in [-0.39, 0.29) is 5.91 Å². The molecule has 3 aromatic carbocycles. The van der Waals surface area contributed by atoms with Crippen LogP contribution in [0.25, 0.3) is 10.9 Å². The van der Waals surface area contributed by atoms with Crippen molar-refractivity contribution < 1.29 is 14.3 Å². The Hall–Kier alpha value is -3.70. The minimum Gasteiger partial charge on any atom is -0.426 e. The molecule has 0 aliphatic carbocycles. The first-order chi connectivity index (χ1) is 15.4. The van der Waals surface area contributed by atoms with Crippen LogP contribution >= 0.6 is 11.6 Å². The van der Waals surface area contributed by atoms with E-state index in [1.807, 2.05) is 42.5 Å². The molecule has 5 nitrogen and oxygen atoms in total.